The van der Waals surface area contributed by atoms with Crippen molar-refractivity contribution in [1.29, 1.82) is 0 Å². The zero-order chi connectivity index (χ0) is 19.1. The van der Waals surface area contributed by atoms with Gasteiger partial charge >= 0.3 is 11.7 Å². The Bertz CT molecular complexity index is 672. The van der Waals surface area contributed by atoms with Crippen molar-refractivity contribution in [3.63, 3.8) is 0 Å². The molecule has 9 heteroatoms. The number of carbonyl (C=O) groups excluding carboxylic acids is 2. The van der Waals surface area contributed by atoms with Gasteiger partial charge in [-0.25, -0.2) is 4.79 Å². The first-order valence-corrected chi connectivity index (χ1v) is 8.51. The van der Waals surface area contributed by atoms with Crippen LogP contribution >= 0.6 is 0 Å². The summed E-state index contributed by atoms with van der Waals surface area (Å²) >= 11 is 0. The van der Waals surface area contributed by atoms with Crippen LogP contribution in [-0.2, 0) is 4.79 Å². The topological polar surface area (TPSA) is 120 Å². The van der Waals surface area contributed by atoms with E-state index < -0.39 is 23.0 Å². The van der Waals surface area contributed by atoms with Gasteiger partial charge in [0.25, 0.3) is 5.91 Å². The van der Waals surface area contributed by atoms with Crippen molar-refractivity contribution >= 4 is 17.6 Å². The quantitative estimate of drug-likeness (QED) is 0.590. The van der Waals surface area contributed by atoms with E-state index in [9.17, 15) is 19.7 Å². The number of methoxy groups -OCH3 is 1. The first-order chi connectivity index (χ1) is 12.4. The van der Waals surface area contributed by atoms with Gasteiger partial charge in [0, 0.05) is 6.04 Å². The minimum atomic E-state index is -1.08. The predicted octanol–water partition coefficient (Wildman–Crippen LogP) is 2.53. The fraction of sp³-hybridized carbons (Fsp3) is 0.529. The number of nitro groups is 1. The number of nitro benzene ring substituents is 1. The van der Waals surface area contributed by atoms with Crippen LogP contribution in [0.3, 0.4) is 0 Å². The Hall–Kier alpha value is -2.84. The summed E-state index contributed by atoms with van der Waals surface area (Å²) in [5, 5.41) is 16.1. The predicted molar refractivity (Wildman–Crippen MR) is 93.3 cm³/mol. The van der Waals surface area contributed by atoms with Crippen molar-refractivity contribution in [3.8, 4) is 11.5 Å². The number of ether oxygens (including phenoxy) is 2. The average molecular weight is 365 g/mol. The Labute approximate surface area is 151 Å². The zero-order valence-corrected chi connectivity index (χ0v) is 14.8. The molecule has 3 amide bonds. The van der Waals surface area contributed by atoms with Crippen LogP contribution < -0.4 is 20.1 Å². The van der Waals surface area contributed by atoms with E-state index in [4.69, 9.17) is 9.47 Å². The van der Waals surface area contributed by atoms with E-state index in [-0.39, 0.29) is 17.5 Å². The van der Waals surface area contributed by atoms with Crippen LogP contribution in [0.15, 0.2) is 18.2 Å². The summed E-state index contributed by atoms with van der Waals surface area (Å²) < 4.78 is 10.3. The monoisotopic (exact) mass is 365 g/mol. The third-order valence-corrected chi connectivity index (χ3v) is 4.21. The fourth-order valence-corrected chi connectivity index (χ4v) is 2.79. The molecule has 142 valence electrons. The third kappa shape index (κ3) is 5.33. The lowest BCUT2D eigenvalue weighted by molar-refractivity contribution is -0.386. The molecule has 1 fully saturated rings. The van der Waals surface area contributed by atoms with Gasteiger partial charge in [-0.15, -0.1) is 0 Å². The van der Waals surface area contributed by atoms with Gasteiger partial charge in [-0.3, -0.25) is 20.2 Å². The molecule has 0 aromatic heterocycles. The maximum atomic E-state index is 12.1. The number of imide groups is 1. The molecule has 1 aliphatic rings. The smallest absolute Gasteiger partial charge is 0.321 e. The van der Waals surface area contributed by atoms with Gasteiger partial charge in [0.05, 0.1) is 18.1 Å². The molecule has 2 N–H and O–H groups in total. The first kappa shape index (κ1) is 19.5. The van der Waals surface area contributed by atoms with E-state index in [1.54, 1.807) is 0 Å². The maximum absolute atomic E-state index is 12.1. The van der Waals surface area contributed by atoms with Crippen LogP contribution in [0.25, 0.3) is 0 Å². The summed E-state index contributed by atoms with van der Waals surface area (Å²) in [6, 6.07) is 3.53. The molecule has 2 rings (SSSR count). The number of benzene rings is 1. The standard InChI is InChI=1S/C17H23N3O6/c1-11(16(21)19-17(22)18-12-6-4-3-5-7-12)26-15-9-8-13(25-2)10-14(15)20(23)24/h8-12H,3-7H2,1-2H3,(H2,18,19,21,22)/t11-/m1/s1. The van der Waals surface area contributed by atoms with Crippen LogP contribution in [0.5, 0.6) is 11.5 Å². The van der Waals surface area contributed by atoms with Gasteiger partial charge in [-0.05, 0) is 31.9 Å². The number of carbonyl (C=O) groups is 2. The van der Waals surface area contributed by atoms with Crippen molar-refractivity contribution in [2.24, 2.45) is 0 Å². The molecule has 0 spiro atoms. The SMILES string of the molecule is COc1ccc(O[C@H](C)C(=O)NC(=O)NC2CCCCC2)c([N+](=O)[O-])c1. The molecule has 1 saturated carbocycles. The highest BCUT2D eigenvalue weighted by atomic mass is 16.6. The Morgan fingerprint density at radius 3 is 2.58 bits per heavy atom. The molecule has 0 heterocycles. The van der Waals surface area contributed by atoms with Crippen molar-refractivity contribution in [2.75, 3.05) is 7.11 Å². The lowest BCUT2D eigenvalue weighted by Gasteiger charge is -2.23. The minimum Gasteiger partial charge on any atom is -0.496 e. The van der Waals surface area contributed by atoms with Crippen LogP contribution in [0.2, 0.25) is 0 Å². The number of rotatable bonds is 6. The van der Waals surface area contributed by atoms with Crippen molar-refractivity contribution < 1.29 is 24.0 Å². The maximum Gasteiger partial charge on any atom is 0.321 e. The number of amides is 3. The Morgan fingerprint density at radius 2 is 1.96 bits per heavy atom. The first-order valence-electron chi connectivity index (χ1n) is 8.51. The molecule has 0 saturated heterocycles. The number of nitrogens with zero attached hydrogens (tertiary/aromatic N) is 1. The summed E-state index contributed by atoms with van der Waals surface area (Å²) in [5.41, 5.74) is -0.323. The van der Waals surface area contributed by atoms with Gasteiger partial charge in [0.1, 0.15) is 5.75 Å². The van der Waals surface area contributed by atoms with Crippen LogP contribution in [0, 0.1) is 10.1 Å². The second-order valence-electron chi connectivity index (χ2n) is 6.15. The molecule has 0 bridgehead atoms. The molecular weight excluding hydrogens is 342 g/mol. The third-order valence-electron chi connectivity index (χ3n) is 4.21. The molecule has 1 aromatic carbocycles. The Morgan fingerprint density at radius 1 is 1.27 bits per heavy atom. The molecule has 0 radical (unpaired) electrons. The summed E-state index contributed by atoms with van der Waals surface area (Å²) in [7, 11) is 1.39. The highest BCUT2D eigenvalue weighted by Crippen LogP contribution is 2.31. The summed E-state index contributed by atoms with van der Waals surface area (Å²) in [5.74, 6) is -0.456. The average Bonchev–Trinajstić information content (AvgIpc) is 2.62. The molecule has 1 atom stereocenters. The van der Waals surface area contributed by atoms with Crippen LogP contribution in [-0.4, -0.2) is 36.1 Å². The lowest BCUT2D eigenvalue weighted by Crippen LogP contribution is -2.48. The Kier molecular flexibility index (Phi) is 6.76. The summed E-state index contributed by atoms with van der Waals surface area (Å²) in [6.07, 6.45) is 3.97. The van der Waals surface area contributed by atoms with E-state index in [1.807, 2.05) is 0 Å². The van der Waals surface area contributed by atoms with Gasteiger partial charge in [0.2, 0.25) is 0 Å². The normalized spacial score (nSPS) is 15.6. The highest BCUT2D eigenvalue weighted by molar-refractivity contribution is 5.96. The van der Waals surface area contributed by atoms with Crippen LogP contribution in [0.4, 0.5) is 10.5 Å². The van der Waals surface area contributed by atoms with Crippen molar-refractivity contribution in [1.82, 2.24) is 10.6 Å². The van der Waals surface area contributed by atoms with E-state index >= 15 is 0 Å². The summed E-state index contributed by atoms with van der Waals surface area (Å²) in [4.78, 5) is 34.5. The Balaban J connectivity index is 1.94. The second kappa shape index (κ2) is 9.02. The van der Waals surface area contributed by atoms with Crippen molar-refractivity contribution in [3.05, 3.63) is 28.3 Å². The number of nitrogens with one attached hydrogen (secondary N) is 2. The largest absolute Gasteiger partial charge is 0.496 e. The molecular formula is C17H23N3O6. The van der Waals surface area contributed by atoms with E-state index in [0.29, 0.717) is 5.75 Å². The number of urea groups is 1. The van der Waals surface area contributed by atoms with Gasteiger partial charge < -0.3 is 14.8 Å². The molecule has 26 heavy (non-hydrogen) atoms. The summed E-state index contributed by atoms with van der Waals surface area (Å²) in [6.45, 7) is 1.41. The van der Waals surface area contributed by atoms with E-state index in [1.165, 1.54) is 32.2 Å². The fourth-order valence-electron chi connectivity index (χ4n) is 2.79. The highest BCUT2D eigenvalue weighted by Gasteiger charge is 2.24. The van der Waals surface area contributed by atoms with Gasteiger partial charge in [-0.2, -0.15) is 0 Å². The number of hydrogen-bond donors (Lipinski definition) is 2. The molecule has 9 nitrogen and oxygen atoms in total. The lowest BCUT2D eigenvalue weighted by atomic mass is 9.96. The van der Waals surface area contributed by atoms with Gasteiger partial charge in [-0.1, -0.05) is 19.3 Å². The van der Waals surface area contributed by atoms with Gasteiger partial charge in [0.15, 0.2) is 11.9 Å². The molecule has 0 unspecified atom stereocenters. The number of hydrogen-bond acceptors (Lipinski definition) is 6. The van der Waals surface area contributed by atoms with Crippen LogP contribution in [0.1, 0.15) is 39.0 Å². The molecule has 0 aliphatic heterocycles. The van der Waals surface area contributed by atoms with Crippen molar-refractivity contribution in [2.45, 2.75) is 51.2 Å². The molecule has 1 aromatic rings. The molecule has 1 aliphatic carbocycles. The second-order valence-corrected chi connectivity index (χ2v) is 6.15. The van der Waals surface area contributed by atoms with E-state index in [2.05, 4.69) is 10.6 Å². The van der Waals surface area contributed by atoms with E-state index in [0.717, 1.165) is 32.1 Å². The zero-order valence-electron chi connectivity index (χ0n) is 14.8. The minimum absolute atomic E-state index is 0.0652.